The standard InChI is InChI=1S/C21H24N2O2/c1-14(21(25)23-18-10-5-9-17(13-18)15(2)24)22-20-12-6-8-16-7-3-4-11-19(16)20/h5-6,8-10,12-14,22H,3-4,7,11H2,1-2H3,(H,23,25)/t14-/m1/s1. The van der Waals surface area contributed by atoms with E-state index in [9.17, 15) is 9.59 Å². The molecule has 1 amide bonds. The number of rotatable bonds is 5. The van der Waals surface area contributed by atoms with Crippen molar-refractivity contribution in [2.45, 2.75) is 45.6 Å². The summed E-state index contributed by atoms with van der Waals surface area (Å²) in [4.78, 5) is 24.0. The van der Waals surface area contributed by atoms with Gasteiger partial charge in [-0.1, -0.05) is 24.3 Å². The van der Waals surface area contributed by atoms with Crippen LogP contribution in [0.15, 0.2) is 42.5 Å². The van der Waals surface area contributed by atoms with Gasteiger partial charge in [0.15, 0.2) is 5.78 Å². The Labute approximate surface area is 148 Å². The van der Waals surface area contributed by atoms with Crippen molar-refractivity contribution in [2.75, 3.05) is 10.6 Å². The molecule has 4 nitrogen and oxygen atoms in total. The van der Waals surface area contributed by atoms with Gasteiger partial charge in [0.1, 0.15) is 6.04 Å². The minimum atomic E-state index is -0.366. The molecule has 130 valence electrons. The molecule has 0 unspecified atom stereocenters. The Morgan fingerprint density at radius 1 is 1.04 bits per heavy atom. The summed E-state index contributed by atoms with van der Waals surface area (Å²) < 4.78 is 0. The van der Waals surface area contributed by atoms with E-state index in [1.807, 2.05) is 19.1 Å². The van der Waals surface area contributed by atoms with Crippen LogP contribution in [0.1, 0.15) is 48.2 Å². The van der Waals surface area contributed by atoms with Crippen molar-refractivity contribution in [3.05, 3.63) is 59.2 Å². The molecule has 2 aromatic carbocycles. The molecule has 0 spiro atoms. The van der Waals surface area contributed by atoms with Crippen molar-refractivity contribution in [1.29, 1.82) is 0 Å². The quantitative estimate of drug-likeness (QED) is 0.804. The summed E-state index contributed by atoms with van der Waals surface area (Å²) in [6.45, 7) is 3.37. The maximum absolute atomic E-state index is 12.5. The summed E-state index contributed by atoms with van der Waals surface area (Å²) >= 11 is 0. The SMILES string of the molecule is CC(=O)c1cccc(NC(=O)[C@@H](C)Nc2cccc3c2CCCC3)c1. The highest BCUT2D eigenvalue weighted by atomic mass is 16.2. The molecule has 4 heteroatoms. The van der Waals surface area contributed by atoms with Crippen molar-refractivity contribution in [1.82, 2.24) is 0 Å². The van der Waals surface area contributed by atoms with Crippen molar-refractivity contribution < 1.29 is 9.59 Å². The smallest absolute Gasteiger partial charge is 0.246 e. The van der Waals surface area contributed by atoms with Gasteiger partial charge in [0.2, 0.25) is 5.91 Å². The average Bonchev–Trinajstić information content (AvgIpc) is 2.62. The minimum Gasteiger partial charge on any atom is -0.374 e. The lowest BCUT2D eigenvalue weighted by atomic mass is 9.90. The van der Waals surface area contributed by atoms with E-state index in [0.29, 0.717) is 11.3 Å². The Kier molecular flexibility index (Phi) is 5.17. The second-order valence-electron chi connectivity index (χ2n) is 6.64. The third kappa shape index (κ3) is 4.08. The van der Waals surface area contributed by atoms with Crippen molar-refractivity contribution in [3.63, 3.8) is 0 Å². The number of Topliss-reactive ketones (excluding diaryl/α,β-unsaturated/α-hetero) is 1. The van der Waals surface area contributed by atoms with Gasteiger partial charge < -0.3 is 10.6 Å². The van der Waals surface area contributed by atoms with Crippen LogP contribution >= 0.6 is 0 Å². The van der Waals surface area contributed by atoms with Gasteiger partial charge in [-0.25, -0.2) is 0 Å². The van der Waals surface area contributed by atoms with Gasteiger partial charge in [0, 0.05) is 16.9 Å². The lowest BCUT2D eigenvalue weighted by Crippen LogP contribution is -2.32. The van der Waals surface area contributed by atoms with Gasteiger partial charge in [-0.3, -0.25) is 9.59 Å². The molecule has 2 aromatic rings. The monoisotopic (exact) mass is 336 g/mol. The van der Waals surface area contributed by atoms with Crippen LogP contribution < -0.4 is 10.6 Å². The highest BCUT2D eigenvalue weighted by Crippen LogP contribution is 2.28. The Balaban J connectivity index is 1.69. The number of carbonyl (C=O) groups is 2. The molecule has 0 fully saturated rings. The predicted molar refractivity (Wildman–Crippen MR) is 101 cm³/mol. The zero-order valence-electron chi connectivity index (χ0n) is 14.8. The number of nitrogens with one attached hydrogen (secondary N) is 2. The van der Waals surface area contributed by atoms with E-state index in [4.69, 9.17) is 0 Å². The van der Waals surface area contributed by atoms with Gasteiger partial charge in [0.05, 0.1) is 0 Å². The van der Waals surface area contributed by atoms with Gasteiger partial charge in [-0.15, -0.1) is 0 Å². The lowest BCUT2D eigenvalue weighted by molar-refractivity contribution is -0.116. The maximum Gasteiger partial charge on any atom is 0.246 e. The lowest BCUT2D eigenvalue weighted by Gasteiger charge is -2.22. The second-order valence-corrected chi connectivity index (χ2v) is 6.64. The van der Waals surface area contributed by atoms with Crippen LogP contribution in [0.4, 0.5) is 11.4 Å². The maximum atomic E-state index is 12.5. The molecule has 0 heterocycles. The third-order valence-electron chi connectivity index (χ3n) is 4.70. The fourth-order valence-electron chi connectivity index (χ4n) is 3.28. The normalized spacial score (nSPS) is 14.3. The molecule has 2 N–H and O–H groups in total. The number of fused-ring (bicyclic) bond motifs is 1. The predicted octanol–water partition coefficient (Wildman–Crippen LogP) is 4.21. The molecule has 0 aliphatic heterocycles. The number of carbonyl (C=O) groups excluding carboxylic acids is 2. The first-order chi connectivity index (χ1) is 12.0. The summed E-state index contributed by atoms with van der Waals surface area (Å²) in [7, 11) is 0. The van der Waals surface area contributed by atoms with E-state index in [0.717, 1.165) is 18.5 Å². The molecule has 0 bridgehead atoms. The van der Waals surface area contributed by atoms with Crippen LogP contribution in [-0.4, -0.2) is 17.7 Å². The van der Waals surface area contributed by atoms with Crippen molar-refractivity contribution >= 4 is 23.1 Å². The van der Waals surface area contributed by atoms with E-state index < -0.39 is 0 Å². The molecule has 1 aliphatic carbocycles. The fourth-order valence-corrected chi connectivity index (χ4v) is 3.28. The number of ketones is 1. The molecular weight excluding hydrogens is 312 g/mol. The van der Waals surface area contributed by atoms with E-state index in [-0.39, 0.29) is 17.7 Å². The van der Waals surface area contributed by atoms with E-state index >= 15 is 0 Å². The van der Waals surface area contributed by atoms with Gasteiger partial charge >= 0.3 is 0 Å². The van der Waals surface area contributed by atoms with E-state index in [1.165, 1.54) is 30.9 Å². The minimum absolute atomic E-state index is 0.0156. The fraction of sp³-hybridized carbons (Fsp3) is 0.333. The summed E-state index contributed by atoms with van der Waals surface area (Å²) in [5, 5.41) is 6.23. The van der Waals surface area contributed by atoms with Crippen LogP contribution in [0.25, 0.3) is 0 Å². The summed E-state index contributed by atoms with van der Waals surface area (Å²) in [6.07, 6.45) is 4.61. The first kappa shape index (κ1) is 17.2. The second kappa shape index (κ2) is 7.51. The molecule has 1 aliphatic rings. The number of hydrogen-bond acceptors (Lipinski definition) is 3. The molecule has 0 saturated heterocycles. The Morgan fingerprint density at radius 3 is 2.60 bits per heavy atom. The highest BCUT2D eigenvalue weighted by molar-refractivity contribution is 5.99. The molecule has 1 atom stereocenters. The van der Waals surface area contributed by atoms with Gasteiger partial charge in [-0.2, -0.15) is 0 Å². The van der Waals surface area contributed by atoms with Crippen molar-refractivity contribution in [2.24, 2.45) is 0 Å². The topological polar surface area (TPSA) is 58.2 Å². The van der Waals surface area contributed by atoms with Crippen LogP contribution in [0.5, 0.6) is 0 Å². The Morgan fingerprint density at radius 2 is 1.80 bits per heavy atom. The van der Waals surface area contributed by atoms with Gasteiger partial charge in [-0.05, 0) is 68.9 Å². The third-order valence-corrected chi connectivity index (χ3v) is 4.70. The van der Waals surface area contributed by atoms with Gasteiger partial charge in [0.25, 0.3) is 0 Å². The molecule has 0 radical (unpaired) electrons. The van der Waals surface area contributed by atoms with Crippen molar-refractivity contribution in [3.8, 4) is 0 Å². The summed E-state index contributed by atoms with van der Waals surface area (Å²) in [6, 6.07) is 12.9. The molecule has 0 aromatic heterocycles. The number of amides is 1. The molecule has 3 rings (SSSR count). The number of anilines is 2. The largest absolute Gasteiger partial charge is 0.374 e. The summed E-state index contributed by atoms with van der Waals surface area (Å²) in [5.41, 5.74) is 5.01. The molecule has 25 heavy (non-hydrogen) atoms. The first-order valence-corrected chi connectivity index (χ1v) is 8.84. The zero-order chi connectivity index (χ0) is 17.8. The number of benzene rings is 2. The highest BCUT2D eigenvalue weighted by Gasteiger charge is 2.17. The van der Waals surface area contributed by atoms with E-state index in [1.54, 1.807) is 24.3 Å². The number of aryl methyl sites for hydroxylation is 1. The Hall–Kier alpha value is -2.62. The van der Waals surface area contributed by atoms with Crippen LogP contribution in [0.3, 0.4) is 0 Å². The summed E-state index contributed by atoms with van der Waals surface area (Å²) in [5.74, 6) is -0.132. The van der Waals surface area contributed by atoms with Crippen LogP contribution in [0.2, 0.25) is 0 Å². The Bertz CT molecular complexity index is 798. The average molecular weight is 336 g/mol. The first-order valence-electron chi connectivity index (χ1n) is 8.84. The molecule has 0 saturated carbocycles. The van der Waals surface area contributed by atoms with Crippen LogP contribution in [-0.2, 0) is 17.6 Å². The van der Waals surface area contributed by atoms with E-state index in [2.05, 4.69) is 16.7 Å². The van der Waals surface area contributed by atoms with Crippen LogP contribution in [0, 0.1) is 0 Å². The molecular formula is C21H24N2O2. The zero-order valence-corrected chi connectivity index (χ0v) is 14.8. The number of hydrogen-bond donors (Lipinski definition) is 2.